The minimum Gasteiger partial charge on any atom is -0.360 e. The maximum Gasteiger partial charge on any atom is 0.183 e. The molecule has 0 radical (unpaired) electrons. The van der Waals surface area contributed by atoms with Gasteiger partial charge < -0.3 is 14.2 Å². The van der Waals surface area contributed by atoms with Gasteiger partial charge in [-0.25, -0.2) is 0 Å². The second-order valence-electron chi connectivity index (χ2n) is 4.83. The Labute approximate surface area is 119 Å². The highest BCUT2D eigenvalue weighted by molar-refractivity contribution is 6.58. The molecule has 3 nitrogen and oxygen atoms in total. The number of halogens is 4. The maximum absolute atomic E-state index is 6.20. The van der Waals surface area contributed by atoms with E-state index in [-0.39, 0.29) is 17.2 Å². The summed E-state index contributed by atoms with van der Waals surface area (Å²) in [5, 5.41) is 0.491. The normalized spacial score (nSPS) is 46.2. The fourth-order valence-electron chi connectivity index (χ4n) is 2.50. The van der Waals surface area contributed by atoms with Crippen molar-refractivity contribution in [3.63, 3.8) is 0 Å². The highest BCUT2D eigenvalue weighted by Gasteiger charge is 2.65. The van der Waals surface area contributed by atoms with Gasteiger partial charge in [0.25, 0.3) is 0 Å². The van der Waals surface area contributed by atoms with Gasteiger partial charge in [0.05, 0.1) is 10.1 Å². The molecular weight excluding hydrogens is 310 g/mol. The van der Waals surface area contributed by atoms with Gasteiger partial charge in [-0.1, -0.05) is 46.4 Å². The summed E-state index contributed by atoms with van der Waals surface area (Å²) in [6.07, 6.45) is -1.71. The lowest BCUT2D eigenvalue weighted by molar-refractivity contribution is -0.184. The van der Waals surface area contributed by atoms with E-state index in [4.69, 9.17) is 60.6 Å². The van der Waals surface area contributed by atoms with Crippen LogP contribution in [0.25, 0.3) is 0 Å². The minimum absolute atomic E-state index is 0.197. The fourth-order valence-corrected chi connectivity index (χ4v) is 3.69. The van der Waals surface area contributed by atoms with Crippen LogP contribution in [-0.4, -0.2) is 34.5 Å². The number of ether oxygens (including phenoxy) is 3. The Morgan fingerprint density at radius 2 is 1.65 bits per heavy atom. The third-order valence-electron chi connectivity index (χ3n) is 3.16. The van der Waals surface area contributed by atoms with Crippen molar-refractivity contribution in [2.24, 2.45) is 0 Å². The first-order chi connectivity index (χ1) is 7.74. The van der Waals surface area contributed by atoms with E-state index < -0.39 is 22.3 Å². The monoisotopic (exact) mass is 318 g/mol. The quantitative estimate of drug-likeness (QED) is 0.642. The van der Waals surface area contributed by atoms with Crippen LogP contribution in [0.4, 0.5) is 0 Å². The molecule has 3 aliphatic heterocycles. The van der Waals surface area contributed by atoms with Gasteiger partial charge in [-0.2, -0.15) is 0 Å². The first kappa shape index (κ1) is 12.8. The molecule has 2 saturated heterocycles. The van der Waals surface area contributed by atoms with Gasteiger partial charge in [0, 0.05) is 0 Å². The zero-order chi connectivity index (χ0) is 12.6. The van der Waals surface area contributed by atoms with Gasteiger partial charge in [-0.3, -0.25) is 0 Å². The molecule has 96 valence electrons. The average Bonchev–Trinajstić information content (AvgIpc) is 2.66. The highest BCUT2D eigenvalue weighted by atomic mass is 35.5. The lowest BCUT2D eigenvalue weighted by atomic mass is 10.1. The summed E-state index contributed by atoms with van der Waals surface area (Å²) in [5.74, 6) is -0.694. The number of alkyl halides is 2. The van der Waals surface area contributed by atoms with Crippen LogP contribution in [0.2, 0.25) is 0 Å². The van der Waals surface area contributed by atoms with Crippen LogP contribution < -0.4 is 0 Å². The van der Waals surface area contributed by atoms with Gasteiger partial charge in [0.2, 0.25) is 0 Å². The molecule has 17 heavy (non-hydrogen) atoms. The summed E-state index contributed by atoms with van der Waals surface area (Å²) < 4.78 is 15.8. The second kappa shape index (κ2) is 3.66. The average molecular weight is 320 g/mol. The van der Waals surface area contributed by atoms with Crippen molar-refractivity contribution in [2.45, 2.75) is 48.4 Å². The second-order valence-corrected chi connectivity index (χ2v) is 7.00. The zero-order valence-corrected chi connectivity index (χ0v) is 12.1. The van der Waals surface area contributed by atoms with Gasteiger partial charge >= 0.3 is 0 Å². The van der Waals surface area contributed by atoms with Gasteiger partial charge in [0.15, 0.2) is 10.1 Å². The Morgan fingerprint density at radius 3 is 2.29 bits per heavy atom. The Hall–Kier alpha value is 0.780. The molecule has 2 bridgehead atoms. The number of hydrogen-bond donors (Lipinski definition) is 0. The van der Waals surface area contributed by atoms with Gasteiger partial charge in [-0.15, -0.1) is 0 Å². The molecule has 0 aromatic carbocycles. The molecular formula is C10H10Cl4O3. The van der Waals surface area contributed by atoms with Crippen molar-refractivity contribution < 1.29 is 14.2 Å². The number of hydrogen-bond acceptors (Lipinski definition) is 3. The summed E-state index contributed by atoms with van der Waals surface area (Å²) in [6.45, 7) is 3.65. The molecule has 4 unspecified atom stereocenters. The van der Waals surface area contributed by atoms with Crippen molar-refractivity contribution in [2.75, 3.05) is 0 Å². The minimum atomic E-state index is -1.39. The van der Waals surface area contributed by atoms with Gasteiger partial charge in [-0.05, 0) is 13.8 Å². The topological polar surface area (TPSA) is 27.7 Å². The number of fused-ring (bicyclic) bond motifs is 5. The van der Waals surface area contributed by atoms with Crippen molar-refractivity contribution >= 4 is 46.4 Å². The number of rotatable bonds is 0. The summed E-state index contributed by atoms with van der Waals surface area (Å²) in [5.41, 5.74) is 0. The van der Waals surface area contributed by atoms with Crippen molar-refractivity contribution in [1.29, 1.82) is 0 Å². The Balaban J connectivity index is 2.04. The summed E-state index contributed by atoms with van der Waals surface area (Å²) in [4.78, 5) is 0. The van der Waals surface area contributed by atoms with E-state index in [1.807, 2.05) is 13.8 Å². The van der Waals surface area contributed by atoms with Crippen LogP contribution >= 0.6 is 46.4 Å². The molecule has 0 N–H and O–H groups in total. The molecule has 0 aromatic heterocycles. The third-order valence-corrected chi connectivity index (χ3v) is 5.17. The standard InChI is InChI=1S/C10H10Cl4O3/c1-9(2)16-5-4-3(11)7(12)10(13,14)8(15-4)6(5)17-9/h4-6,8H,1-2H3. The van der Waals surface area contributed by atoms with E-state index in [9.17, 15) is 0 Å². The maximum atomic E-state index is 6.20. The molecule has 7 heteroatoms. The zero-order valence-electron chi connectivity index (χ0n) is 9.05. The molecule has 0 aliphatic carbocycles. The van der Waals surface area contributed by atoms with E-state index in [1.165, 1.54) is 0 Å². The highest BCUT2D eigenvalue weighted by Crippen LogP contribution is 2.55. The molecule has 0 amide bonds. The first-order valence-corrected chi connectivity index (χ1v) is 6.70. The molecule has 0 aromatic rings. The molecule has 3 rings (SSSR count). The lowest BCUT2D eigenvalue weighted by Gasteiger charge is -2.34. The Bertz CT molecular complexity index is 406. The molecule has 0 spiro atoms. The first-order valence-electron chi connectivity index (χ1n) is 5.18. The third kappa shape index (κ3) is 1.68. The van der Waals surface area contributed by atoms with E-state index >= 15 is 0 Å². The molecule has 3 aliphatic rings. The predicted molar refractivity (Wildman–Crippen MR) is 65.7 cm³/mol. The van der Waals surface area contributed by atoms with E-state index in [0.29, 0.717) is 5.03 Å². The Kier molecular flexibility index (Phi) is 2.76. The van der Waals surface area contributed by atoms with Crippen molar-refractivity contribution in [3.8, 4) is 0 Å². The molecule has 0 saturated carbocycles. The van der Waals surface area contributed by atoms with Crippen LogP contribution in [-0.2, 0) is 14.2 Å². The van der Waals surface area contributed by atoms with Crippen molar-refractivity contribution in [1.82, 2.24) is 0 Å². The van der Waals surface area contributed by atoms with E-state index in [2.05, 4.69) is 0 Å². The largest absolute Gasteiger partial charge is 0.360 e. The van der Waals surface area contributed by atoms with Crippen LogP contribution in [0.1, 0.15) is 13.8 Å². The summed E-state index contributed by atoms with van der Waals surface area (Å²) >= 11 is 24.6. The van der Waals surface area contributed by atoms with E-state index in [0.717, 1.165) is 0 Å². The summed E-state index contributed by atoms with van der Waals surface area (Å²) in [7, 11) is 0. The summed E-state index contributed by atoms with van der Waals surface area (Å²) in [6, 6.07) is 0. The molecule has 2 fully saturated rings. The molecule has 4 atom stereocenters. The van der Waals surface area contributed by atoms with Crippen LogP contribution in [0.3, 0.4) is 0 Å². The fraction of sp³-hybridized carbons (Fsp3) is 0.800. The molecule has 3 heterocycles. The van der Waals surface area contributed by atoms with Crippen LogP contribution in [0, 0.1) is 0 Å². The van der Waals surface area contributed by atoms with E-state index in [1.54, 1.807) is 0 Å². The van der Waals surface area contributed by atoms with Crippen LogP contribution in [0.5, 0.6) is 0 Å². The lowest BCUT2D eigenvalue weighted by Crippen LogP contribution is -2.43. The van der Waals surface area contributed by atoms with Gasteiger partial charge in [0.1, 0.15) is 24.4 Å². The predicted octanol–water partition coefficient (Wildman–Crippen LogP) is 3.15. The smallest absolute Gasteiger partial charge is 0.183 e. The van der Waals surface area contributed by atoms with Crippen molar-refractivity contribution in [3.05, 3.63) is 10.1 Å². The Morgan fingerprint density at radius 1 is 1.06 bits per heavy atom. The van der Waals surface area contributed by atoms with Crippen LogP contribution in [0.15, 0.2) is 10.1 Å². The SMILES string of the molecule is CC1(C)OC2C3OC(C2O1)C(Cl)(Cl)C(Cl)=C3Cl.